The van der Waals surface area contributed by atoms with Crippen LogP contribution in [0.5, 0.6) is 5.75 Å². The fourth-order valence-corrected chi connectivity index (χ4v) is 3.33. The van der Waals surface area contributed by atoms with Crippen LogP contribution in [0.1, 0.15) is 30.9 Å². The maximum atomic E-state index is 12.5. The summed E-state index contributed by atoms with van der Waals surface area (Å²) < 4.78 is 11.0. The number of ether oxygens (including phenoxy) is 2. The second-order valence-electron chi connectivity index (χ2n) is 7.10. The number of halogens is 1. The lowest BCUT2D eigenvalue weighted by Gasteiger charge is -2.25. The molecular weight excluding hydrogens is 378 g/mol. The van der Waals surface area contributed by atoms with Crippen LogP contribution < -0.4 is 10.1 Å². The molecule has 2 aromatic carbocycles. The Morgan fingerprint density at radius 3 is 2.71 bits per heavy atom. The third-order valence-electron chi connectivity index (χ3n) is 4.88. The Bertz CT molecular complexity index is 840. The van der Waals surface area contributed by atoms with Gasteiger partial charge in [-0.3, -0.25) is 9.59 Å². The van der Waals surface area contributed by atoms with E-state index < -0.39 is 18.0 Å². The minimum absolute atomic E-state index is 0.168. The molecule has 2 aromatic rings. The smallest absolute Gasteiger partial charge is 0.313 e. The van der Waals surface area contributed by atoms with Gasteiger partial charge in [0.25, 0.3) is 5.91 Å². The van der Waals surface area contributed by atoms with Gasteiger partial charge in [0.15, 0.2) is 6.10 Å². The molecule has 0 aromatic heterocycles. The molecule has 0 saturated heterocycles. The van der Waals surface area contributed by atoms with Crippen molar-refractivity contribution in [2.45, 2.75) is 32.3 Å². The Kier molecular flexibility index (Phi) is 6.57. The number of carbonyl (C=O) groups is 2. The van der Waals surface area contributed by atoms with Crippen molar-refractivity contribution >= 4 is 23.5 Å². The Morgan fingerprint density at radius 1 is 1.21 bits per heavy atom. The minimum Gasteiger partial charge on any atom is -0.492 e. The Labute approximate surface area is 170 Å². The fourth-order valence-electron chi connectivity index (χ4n) is 3.14. The number of nitrogens with one attached hydrogen (secondary N) is 1. The lowest BCUT2D eigenvalue weighted by atomic mass is 9.97. The maximum Gasteiger partial charge on any atom is 0.313 e. The van der Waals surface area contributed by atoms with Crippen molar-refractivity contribution in [3.8, 4) is 5.75 Å². The van der Waals surface area contributed by atoms with E-state index in [0.717, 1.165) is 16.9 Å². The number of rotatable bonds is 6. The third-order valence-corrected chi connectivity index (χ3v) is 5.11. The predicted octanol–water partition coefficient (Wildman–Crippen LogP) is 3.74. The van der Waals surface area contributed by atoms with E-state index in [2.05, 4.69) is 5.32 Å². The number of hydrogen-bond donors (Lipinski definition) is 1. The topological polar surface area (TPSA) is 64.6 Å². The first-order valence-electron chi connectivity index (χ1n) is 9.38. The zero-order chi connectivity index (χ0) is 20.1. The van der Waals surface area contributed by atoms with Crippen LogP contribution in [0.2, 0.25) is 5.02 Å². The number of benzene rings is 2. The zero-order valence-electron chi connectivity index (χ0n) is 16.0. The summed E-state index contributed by atoms with van der Waals surface area (Å²) >= 11 is 6.01. The van der Waals surface area contributed by atoms with Crippen LogP contribution >= 0.6 is 11.6 Å². The van der Waals surface area contributed by atoms with E-state index >= 15 is 0 Å². The molecule has 148 valence electrons. The summed E-state index contributed by atoms with van der Waals surface area (Å²) in [5, 5.41) is 3.44. The lowest BCUT2D eigenvalue weighted by Crippen LogP contribution is -2.40. The van der Waals surface area contributed by atoms with E-state index in [1.54, 1.807) is 25.1 Å². The highest BCUT2D eigenvalue weighted by Gasteiger charge is 2.30. The summed E-state index contributed by atoms with van der Waals surface area (Å²) in [5.74, 6) is -0.305. The first kappa shape index (κ1) is 20.2. The minimum atomic E-state index is -0.865. The molecule has 0 bridgehead atoms. The summed E-state index contributed by atoms with van der Waals surface area (Å²) in [6.07, 6.45) is -0.384. The molecule has 0 unspecified atom stereocenters. The second-order valence-corrected chi connectivity index (χ2v) is 7.54. The molecule has 1 aliphatic heterocycles. The van der Waals surface area contributed by atoms with E-state index in [0.29, 0.717) is 18.0 Å². The average Bonchev–Trinajstić information content (AvgIpc) is 2.71. The lowest BCUT2D eigenvalue weighted by molar-refractivity contribution is -0.160. The fraction of sp³-hybridized carbons (Fsp3) is 0.364. The summed E-state index contributed by atoms with van der Waals surface area (Å²) in [7, 11) is 0. The van der Waals surface area contributed by atoms with Gasteiger partial charge in [-0.25, -0.2) is 0 Å². The van der Waals surface area contributed by atoms with Gasteiger partial charge in [-0.2, -0.15) is 0 Å². The van der Waals surface area contributed by atoms with E-state index in [1.807, 2.05) is 37.3 Å². The van der Waals surface area contributed by atoms with Crippen LogP contribution in [0, 0.1) is 5.92 Å². The summed E-state index contributed by atoms with van der Waals surface area (Å²) in [6.45, 7) is 4.32. The molecule has 1 aliphatic rings. The first-order chi connectivity index (χ1) is 13.4. The number of esters is 1. The second kappa shape index (κ2) is 9.11. The molecule has 6 heteroatoms. The van der Waals surface area contributed by atoms with Gasteiger partial charge in [0, 0.05) is 11.6 Å². The van der Waals surface area contributed by atoms with Gasteiger partial charge in [-0.1, -0.05) is 48.9 Å². The van der Waals surface area contributed by atoms with Gasteiger partial charge in [-0.05, 0) is 48.6 Å². The van der Waals surface area contributed by atoms with E-state index in [-0.39, 0.29) is 18.4 Å². The van der Waals surface area contributed by atoms with E-state index in [1.165, 1.54) is 0 Å². The van der Waals surface area contributed by atoms with Crippen LogP contribution in [0.25, 0.3) is 0 Å². The average molecular weight is 402 g/mol. The normalized spacial score (nSPS) is 17.6. The molecule has 1 heterocycles. The molecule has 0 aliphatic carbocycles. The number of hydrogen-bond acceptors (Lipinski definition) is 4. The molecule has 0 saturated carbocycles. The predicted molar refractivity (Wildman–Crippen MR) is 108 cm³/mol. The van der Waals surface area contributed by atoms with Crippen LogP contribution in [-0.4, -0.2) is 31.1 Å². The van der Waals surface area contributed by atoms with Crippen LogP contribution in [-0.2, 0) is 20.7 Å². The summed E-state index contributed by atoms with van der Waals surface area (Å²) in [4.78, 5) is 24.8. The number of fused-ring (bicyclic) bond motifs is 1. The van der Waals surface area contributed by atoms with E-state index in [9.17, 15) is 9.59 Å². The van der Waals surface area contributed by atoms with Crippen molar-refractivity contribution in [3.05, 3.63) is 64.7 Å². The molecule has 1 N–H and O–H groups in total. The van der Waals surface area contributed by atoms with Crippen LogP contribution in [0.15, 0.2) is 48.5 Å². The standard InChI is InChI=1S/C22H24ClNO4/c1-14(16-6-4-3-5-7-16)12-24-21(25)15(2)28-22(26)18-10-17-11-19(23)8-9-20(17)27-13-18/h3-9,11,14-15,18H,10,12-13H2,1-2H3,(H,24,25)/t14-,15+,18-/m1/s1. The highest BCUT2D eigenvalue weighted by atomic mass is 35.5. The van der Waals surface area contributed by atoms with Gasteiger partial charge in [0.2, 0.25) is 0 Å². The molecule has 1 amide bonds. The molecular formula is C22H24ClNO4. The molecule has 0 radical (unpaired) electrons. The third kappa shape index (κ3) is 5.04. The maximum absolute atomic E-state index is 12.5. The van der Waals surface area contributed by atoms with Gasteiger partial charge < -0.3 is 14.8 Å². The van der Waals surface area contributed by atoms with Crippen molar-refractivity contribution in [1.29, 1.82) is 0 Å². The monoisotopic (exact) mass is 401 g/mol. The van der Waals surface area contributed by atoms with Crippen molar-refractivity contribution in [1.82, 2.24) is 5.32 Å². The van der Waals surface area contributed by atoms with Gasteiger partial charge in [0.05, 0.1) is 5.92 Å². The van der Waals surface area contributed by atoms with Crippen molar-refractivity contribution < 1.29 is 19.1 Å². The largest absolute Gasteiger partial charge is 0.492 e. The van der Waals surface area contributed by atoms with Crippen molar-refractivity contribution in [2.24, 2.45) is 5.92 Å². The van der Waals surface area contributed by atoms with Crippen molar-refractivity contribution in [2.75, 3.05) is 13.2 Å². The van der Waals surface area contributed by atoms with Crippen LogP contribution in [0.3, 0.4) is 0 Å². The molecule has 28 heavy (non-hydrogen) atoms. The van der Waals surface area contributed by atoms with Gasteiger partial charge >= 0.3 is 5.97 Å². The highest BCUT2D eigenvalue weighted by molar-refractivity contribution is 6.30. The molecule has 5 nitrogen and oxygen atoms in total. The summed E-state index contributed by atoms with van der Waals surface area (Å²) in [6, 6.07) is 15.3. The van der Waals surface area contributed by atoms with Gasteiger partial charge in [0.1, 0.15) is 12.4 Å². The molecule has 3 rings (SSSR count). The zero-order valence-corrected chi connectivity index (χ0v) is 16.7. The molecule has 0 spiro atoms. The Hall–Kier alpha value is -2.53. The SMILES string of the molecule is C[C@H](OC(=O)[C@H]1COc2ccc(Cl)cc2C1)C(=O)NC[C@@H](C)c1ccccc1. The first-order valence-corrected chi connectivity index (χ1v) is 9.76. The van der Waals surface area contributed by atoms with Crippen molar-refractivity contribution in [3.63, 3.8) is 0 Å². The quantitative estimate of drug-likeness (QED) is 0.749. The molecule has 0 fully saturated rings. The van der Waals surface area contributed by atoms with Gasteiger partial charge in [-0.15, -0.1) is 0 Å². The Balaban J connectivity index is 1.49. The number of amides is 1. The Morgan fingerprint density at radius 2 is 1.96 bits per heavy atom. The van der Waals surface area contributed by atoms with Crippen LogP contribution in [0.4, 0.5) is 0 Å². The number of carbonyl (C=O) groups excluding carboxylic acids is 2. The molecule has 3 atom stereocenters. The highest BCUT2D eigenvalue weighted by Crippen LogP contribution is 2.30. The van der Waals surface area contributed by atoms with E-state index in [4.69, 9.17) is 21.1 Å². The summed E-state index contributed by atoms with van der Waals surface area (Å²) in [5.41, 5.74) is 2.01.